The second kappa shape index (κ2) is 11.4. The lowest BCUT2D eigenvalue weighted by Crippen LogP contribution is -2.28. The van der Waals surface area contributed by atoms with Crippen LogP contribution >= 0.6 is 0 Å². The van der Waals surface area contributed by atoms with Gasteiger partial charge in [0.25, 0.3) is 0 Å². The average molecular weight is 392 g/mol. The molecule has 0 aliphatic carbocycles. The molecular weight excluding hydrogens is 360 g/mol. The number of ether oxygens (including phenoxy) is 2. The number of nitrogens with zero attached hydrogens (tertiary/aromatic N) is 1. The van der Waals surface area contributed by atoms with Crippen molar-refractivity contribution in [3.63, 3.8) is 0 Å². The molecule has 0 spiro atoms. The van der Waals surface area contributed by atoms with Gasteiger partial charge in [0.05, 0.1) is 13.2 Å². The summed E-state index contributed by atoms with van der Waals surface area (Å²) in [6, 6.07) is 3.69. The Morgan fingerprint density at radius 2 is 1.64 bits per heavy atom. The van der Waals surface area contributed by atoms with Gasteiger partial charge >= 0.3 is 11.9 Å². The molecule has 0 bridgehead atoms. The minimum Gasteiger partial charge on any atom is -0.465 e. The molecule has 28 heavy (non-hydrogen) atoms. The number of carbonyl (C=O) groups is 3. The Kier molecular flexibility index (Phi) is 9.62. The van der Waals surface area contributed by atoms with E-state index in [9.17, 15) is 14.4 Å². The lowest BCUT2D eigenvalue weighted by molar-refractivity contribution is -0.162. The molecule has 0 fully saturated rings. The number of hydrogen-bond donors (Lipinski definition) is 1. The van der Waals surface area contributed by atoms with E-state index in [0.29, 0.717) is 18.7 Å². The molecule has 0 saturated heterocycles. The first-order chi connectivity index (χ1) is 13.2. The van der Waals surface area contributed by atoms with Crippen LogP contribution in [0.3, 0.4) is 0 Å². The van der Waals surface area contributed by atoms with E-state index in [2.05, 4.69) is 10.3 Å². The Bertz CT molecular complexity index is 632. The summed E-state index contributed by atoms with van der Waals surface area (Å²) in [4.78, 5) is 40.1. The van der Waals surface area contributed by atoms with Gasteiger partial charge in [0.2, 0.25) is 5.91 Å². The second-order valence-corrected chi connectivity index (χ2v) is 7.56. The molecule has 156 valence electrons. The van der Waals surface area contributed by atoms with Crippen LogP contribution in [0.2, 0.25) is 0 Å². The first-order valence-corrected chi connectivity index (χ1v) is 9.78. The SMILES string of the molecule is CCOC(=O)C(CCCCc1ccc(NC(=O)C(C)(C)C)nc1)C(=O)OCC. The number of aryl methyl sites for hydroxylation is 1. The fraction of sp³-hybridized carbons (Fsp3) is 0.619. The Balaban J connectivity index is 2.50. The number of aromatic nitrogens is 1. The molecule has 1 aromatic rings. The maximum atomic E-state index is 12.0. The van der Waals surface area contributed by atoms with E-state index in [4.69, 9.17) is 9.47 Å². The topological polar surface area (TPSA) is 94.6 Å². The van der Waals surface area contributed by atoms with Crippen molar-refractivity contribution < 1.29 is 23.9 Å². The molecule has 0 aromatic carbocycles. The van der Waals surface area contributed by atoms with Crippen LogP contribution in [-0.2, 0) is 30.3 Å². The predicted octanol–water partition coefficient (Wildman–Crippen LogP) is 3.52. The number of pyridine rings is 1. The number of esters is 2. The highest BCUT2D eigenvalue weighted by molar-refractivity contribution is 5.95. The zero-order valence-corrected chi connectivity index (χ0v) is 17.5. The van der Waals surface area contributed by atoms with Gasteiger partial charge in [-0.15, -0.1) is 0 Å². The molecule has 1 heterocycles. The molecule has 0 atom stereocenters. The van der Waals surface area contributed by atoms with Crippen molar-refractivity contribution in [1.82, 2.24) is 4.98 Å². The first-order valence-electron chi connectivity index (χ1n) is 9.78. The Hall–Kier alpha value is -2.44. The highest BCUT2D eigenvalue weighted by Gasteiger charge is 2.28. The summed E-state index contributed by atoms with van der Waals surface area (Å²) < 4.78 is 9.94. The third kappa shape index (κ3) is 8.06. The molecule has 1 N–H and O–H groups in total. The van der Waals surface area contributed by atoms with Crippen LogP contribution in [0.5, 0.6) is 0 Å². The van der Waals surface area contributed by atoms with E-state index < -0.39 is 23.3 Å². The van der Waals surface area contributed by atoms with Gasteiger partial charge in [0.15, 0.2) is 5.92 Å². The summed E-state index contributed by atoms with van der Waals surface area (Å²) in [5.74, 6) is -1.48. The van der Waals surface area contributed by atoms with Crippen LogP contribution in [0.25, 0.3) is 0 Å². The molecule has 1 rings (SSSR count). The lowest BCUT2D eigenvalue weighted by Gasteiger charge is -2.17. The van der Waals surface area contributed by atoms with Gasteiger partial charge in [-0.3, -0.25) is 14.4 Å². The zero-order chi connectivity index (χ0) is 21.2. The van der Waals surface area contributed by atoms with Crippen LogP contribution in [-0.4, -0.2) is 36.0 Å². The third-order valence-corrected chi connectivity index (χ3v) is 4.10. The van der Waals surface area contributed by atoms with E-state index in [0.717, 1.165) is 18.4 Å². The summed E-state index contributed by atoms with van der Waals surface area (Å²) in [5.41, 5.74) is 0.548. The highest BCUT2D eigenvalue weighted by Crippen LogP contribution is 2.18. The van der Waals surface area contributed by atoms with Crippen LogP contribution in [0, 0.1) is 11.3 Å². The predicted molar refractivity (Wildman–Crippen MR) is 107 cm³/mol. The average Bonchev–Trinajstić information content (AvgIpc) is 2.62. The van der Waals surface area contributed by atoms with Gasteiger partial charge in [0.1, 0.15) is 5.82 Å². The van der Waals surface area contributed by atoms with Crippen molar-refractivity contribution in [2.24, 2.45) is 11.3 Å². The van der Waals surface area contributed by atoms with Crippen molar-refractivity contribution in [3.05, 3.63) is 23.9 Å². The van der Waals surface area contributed by atoms with Crippen molar-refractivity contribution >= 4 is 23.7 Å². The van der Waals surface area contributed by atoms with E-state index in [-0.39, 0.29) is 19.1 Å². The van der Waals surface area contributed by atoms with Crippen molar-refractivity contribution in [1.29, 1.82) is 0 Å². The number of anilines is 1. The van der Waals surface area contributed by atoms with E-state index in [1.807, 2.05) is 26.8 Å². The van der Waals surface area contributed by atoms with Gasteiger partial charge in [-0.2, -0.15) is 0 Å². The van der Waals surface area contributed by atoms with Crippen LogP contribution in [0.1, 0.15) is 59.4 Å². The summed E-state index contributed by atoms with van der Waals surface area (Å²) in [5, 5.41) is 2.79. The molecule has 0 aliphatic rings. The highest BCUT2D eigenvalue weighted by atomic mass is 16.6. The zero-order valence-electron chi connectivity index (χ0n) is 17.5. The molecule has 0 saturated carbocycles. The minimum absolute atomic E-state index is 0.0864. The molecular formula is C21H32N2O5. The maximum Gasteiger partial charge on any atom is 0.320 e. The molecule has 1 aromatic heterocycles. The summed E-state index contributed by atoms with van der Waals surface area (Å²) in [6.45, 7) is 9.42. The molecule has 0 aliphatic heterocycles. The number of amides is 1. The first kappa shape index (κ1) is 23.6. The largest absolute Gasteiger partial charge is 0.465 e. The van der Waals surface area contributed by atoms with E-state index >= 15 is 0 Å². The smallest absolute Gasteiger partial charge is 0.320 e. The van der Waals surface area contributed by atoms with Crippen molar-refractivity contribution in [2.75, 3.05) is 18.5 Å². The van der Waals surface area contributed by atoms with Gasteiger partial charge in [-0.25, -0.2) is 4.98 Å². The number of nitrogens with one attached hydrogen (secondary N) is 1. The molecule has 0 radical (unpaired) electrons. The van der Waals surface area contributed by atoms with Crippen LogP contribution in [0.15, 0.2) is 18.3 Å². The van der Waals surface area contributed by atoms with Crippen LogP contribution < -0.4 is 5.32 Å². The van der Waals surface area contributed by atoms with Crippen LogP contribution in [0.4, 0.5) is 5.82 Å². The second-order valence-electron chi connectivity index (χ2n) is 7.56. The monoisotopic (exact) mass is 392 g/mol. The Labute approximate surface area is 167 Å². The number of rotatable bonds is 10. The van der Waals surface area contributed by atoms with Crippen molar-refractivity contribution in [2.45, 2.75) is 60.3 Å². The van der Waals surface area contributed by atoms with E-state index in [1.165, 1.54) is 0 Å². The Morgan fingerprint density at radius 3 is 2.11 bits per heavy atom. The van der Waals surface area contributed by atoms with Gasteiger partial charge < -0.3 is 14.8 Å². The number of carbonyl (C=O) groups excluding carboxylic acids is 3. The van der Waals surface area contributed by atoms with Gasteiger partial charge in [-0.05, 0) is 44.7 Å². The minimum atomic E-state index is -0.868. The summed E-state index contributed by atoms with van der Waals surface area (Å²) >= 11 is 0. The van der Waals surface area contributed by atoms with Crippen molar-refractivity contribution in [3.8, 4) is 0 Å². The summed E-state index contributed by atoms with van der Waals surface area (Å²) in [6.07, 6.45) is 4.37. The molecule has 7 nitrogen and oxygen atoms in total. The number of unbranched alkanes of at least 4 members (excludes halogenated alkanes) is 1. The lowest BCUT2D eigenvalue weighted by atomic mass is 9.96. The van der Waals surface area contributed by atoms with Gasteiger partial charge in [-0.1, -0.05) is 33.3 Å². The number of hydrogen-bond acceptors (Lipinski definition) is 6. The normalized spacial score (nSPS) is 11.2. The molecule has 7 heteroatoms. The van der Waals surface area contributed by atoms with Gasteiger partial charge in [0, 0.05) is 11.6 Å². The standard InChI is InChI=1S/C21H32N2O5/c1-6-27-18(24)16(19(25)28-7-2)11-9-8-10-15-12-13-17(22-14-15)23-20(26)21(3,4)5/h12-14,16H,6-11H2,1-5H3,(H,22,23,26). The molecule has 0 unspecified atom stereocenters. The Morgan fingerprint density at radius 1 is 1.04 bits per heavy atom. The summed E-state index contributed by atoms with van der Waals surface area (Å²) in [7, 11) is 0. The van der Waals surface area contributed by atoms with E-state index in [1.54, 1.807) is 26.1 Å². The molecule has 1 amide bonds. The maximum absolute atomic E-state index is 12.0. The fourth-order valence-corrected chi connectivity index (χ4v) is 2.45. The quantitative estimate of drug-likeness (QED) is 0.372. The third-order valence-electron chi connectivity index (χ3n) is 4.10. The fourth-order valence-electron chi connectivity index (χ4n) is 2.45.